The van der Waals surface area contributed by atoms with Crippen molar-refractivity contribution in [3.8, 4) is 0 Å². The van der Waals surface area contributed by atoms with Crippen molar-refractivity contribution in [2.75, 3.05) is 31.1 Å². The van der Waals surface area contributed by atoms with Crippen LogP contribution in [0.5, 0.6) is 0 Å². The molecular formula is C9H20N4O2S. The lowest BCUT2D eigenvalue weighted by molar-refractivity contribution is 0.230. The first-order valence-corrected chi connectivity index (χ1v) is 7.26. The molecule has 1 fully saturated rings. The summed E-state index contributed by atoms with van der Waals surface area (Å²) in [6, 6.07) is 0.129. The van der Waals surface area contributed by atoms with Crippen LogP contribution in [0.1, 0.15) is 13.3 Å². The molecule has 0 radical (unpaired) electrons. The van der Waals surface area contributed by atoms with Gasteiger partial charge >= 0.3 is 0 Å². The van der Waals surface area contributed by atoms with Crippen molar-refractivity contribution in [2.45, 2.75) is 19.4 Å². The molecule has 0 bridgehead atoms. The lowest BCUT2D eigenvalue weighted by atomic mass is 10.2. The number of hydrogen-bond acceptors (Lipinski definition) is 4. The van der Waals surface area contributed by atoms with Gasteiger partial charge in [-0.2, -0.15) is 0 Å². The zero-order valence-corrected chi connectivity index (χ0v) is 10.4. The van der Waals surface area contributed by atoms with E-state index in [9.17, 15) is 8.42 Å². The number of guanidine groups is 1. The third kappa shape index (κ3) is 3.97. The van der Waals surface area contributed by atoms with Gasteiger partial charge < -0.3 is 11.5 Å². The van der Waals surface area contributed by atoms with Crippen molar-refractivity contribution < 1.29 is 8.42 Å². The Kier molecular flexibility index (Phi) is 4.55. The molecule has 7 heteroatoms. The van der Waals surface area contributed by atoms with Gasteiger partial charge in [-0.05, 0) is 13.0 Å². The van der Waals surface area contributed by atoms with Crippen LogP contribution in [0.4, 0.5) is 0 Å². The summed E-state index contributed by atoms with van der Waals surface area (Å²) in [7, 11) is -2.82. The first kappa shape index (κ1) is 13.2. The molecule has 0 aromatic carbocycles. The highest BCUT2D eigenvalue weighted by Gasteiger charge is 2.31. The molecule has 1 unspecified atom stereocenters. The predicted octanol–water partition coefficient (Wildman–Crippen LogP) is -1.23. The molecule has 4 N–H and O–H groups in total. The summed E-state index contributed by atoms with van der Waals surface area (Å²) in [5.41, 5.74) is 10.5. The summed E-state index contributed by atoms with van der Waals surface area (Å²) >= 11 is 0. The minimum Gasteiger partial charge on any atom is -0.370 e. The van der Waals surface area contributed by atoms with Crippen LogP contribution in [-0.4, -0.2) is 56.5 Å². The summed E-state index contributed by atoms with van der Waals surface area (Å²) in [6.07, 6.45) is 0.720. The molecule has 0 aromatic heterocycles. The number of aliphatic imine (C=N–C) groups is 1. The molecule has 6 nitrogen and oxygen atoms in total. The predicted molar refractivity (Wildman–Crippen MR) is 65.0 cm³/mol. The second-order valence-corrected chi connectivity index (χ2v) is 6.22. The van der Waals surface area contributed by atoms with E-state index in [2.05, 4.69) is 9.89 Å². The maximum Gasteiger partial charge on any atom is 0.185 e. The summed E-state index contributed by atoms with van der Waals surface area (Å²) in [6.45, 7) is 4.06. The highest BCUT2D eigenvalue weighted by molar-refractivity contribution is 7.91. The van der Waals surface area contributed by atoms with E-state index < -0.39 is 9.84 Å². The minimum absolute atomic E-state index is 0.0788. The van der Waals surface area contributed by atoms with E-state index in [0.717, 1.165) is 13.0 Å². The van der Waals surface area contributed by atoms with Crippen LogP contribution < -0.4 is 11.5 Å². The van der Waals surface area contributed by atoms with Gasteiger partial charge in [0.05, 0.1) is 18.1 Å². The average Bonchev–Trinajstić information content (AvgIpc) is 2.53. The fraction of sp³-hybridized carbons (Fsp3) is 0.889. The fourth-order valence-corrected chi connectivity index (χ4v) is 3.73. The highest BCUT2D eigenvalue weighted by atomic mass is 32.2. The van der Waals surface area contributed by atoms with Gasteiger partial charge in [-0.15, -0.1) is 0 Å². The van der Waals surface area contributed by atoms with Crippen LogP contribution in [0.3, 0.4) is 0 Å². The summed E-state index contributed by atoms with van der Waals surface area (Å²) in [4.78, 5) is 6.02. The Morgan fingerprint density at radius 2 is 2.19 bits per heavy atom. The van der Waals surface area contributed by atoms with E-state index >= 15 is 0 Å². The zero-order chi connectivity index (χ0) is 12.2. The Bertz CT molecular complexity index is 349. The SMILES string of the molecule is CCN(CCN=C(N)N)C1CCS(=O)(=O)C1. The van der Waals surface area contributed by atoms with Gasteiger partial charge in [0.25, 0.3) is 0 Å². The van der Waals surface area contributed by atoms with Crippen molar-refractivity contribution >= 4 is 15.8 Å². The first-order chi connectivity index (χ1) is 7.44. The Morgan fingerprint density at radius 1 is 1.50 bits per heavy atom. The second-order valence-electron chi connectivity index (χ2n) is 3.99. The molecular weight excluding hydrogens is 228 g/mol. The minimum atomic E-state index is -2.82. The van der Waals surface area contributed by atoms with Gasteiger partial charge in [-0.25, -0.2) is 8.42 Å². The van der Waals surface area contributed by atoms with Gasteiger partial charge in [-0.1, -0.05) is 6.92 Å². The molecule has 1 saturated heterocycles. The average molecular weight is 248 g/mol. The first-order valence-electron chi connectivity index (χ1n) is 5.44. The molecule has 0 aliphatic carbocycles. The van der Waals surface area contributed by atoms with E-state index in [-0.39, 0.29) is 17.8 Å². The third-order valence-electron chi connectivity index (χ3n) is 2.81. The molecule has 0 spiro atoms. The normalized spacial score (nSPS) is 23.5. The zero-order valence-electron chi connectivity index (χ0n) is 9.59. The van der Waals surface area contributed by atoms with Crippen molar-refractivity contribution in [2.24, 2.45) is 16.5 Å². The standard InChI is InChI=1S/C9H20N4O2S/c1-2-13(5-4-12-9(10)11)8-3-6-16(14,15)7-8/h8H,2-7H2,1H3,(H4,10,11,12). The molecule has 1 heterocycles. The van der Waals surface area contributed by atoms with E-state index in [0.29, 0.717) is 18.8 Å². The Labute approximate surface area is 96.6 Å². The van der Waals surface area contributed by atoms with Gasteiger partial charge in [0.2, 0.25) is 0 Å². The molecule has 0 aromatic rings. The van der Waals surface area contributed by atoms with E-state index in [1.807, 2.05) is 6.92 Å². The maximum absolute atomic E-state index is 11.3. The van der Waals surface area contributed by atoms with Crippen molar-refractivity contribution in [3.05, 3.63) is 0 Å². The number of hydrogen-bond donors (Lipinski definition) is 2. The van der Waals surface area contributed by atoms with Gasteiger partial charge in [-0.3, -0.25) is 9.89 Å². The van der Waals surface area contributed by atoms with Crippen LogP contribution >= 0.6 is 0 Å². The van der Waals surface area contributed by atoms with E-state index in [1.165, 1.54) is 0 Å². The monoisotopic (exact) mass is 248 g/mol. The molecule has 0 saturated carbocycles. The number of nitrogens with two attached hydrogens (primary N) is 2. The van der Waals surface area contributed by atoms with Crippen molar-refractivity contribution in [1.29, 1.82) is 0 Å². The molecule has 1 atom stereocenters. The van der Waals surface area contributed by atoms with Gasteiger partial charge in [0.1, 0.15) is 0 Å². The molecule has 0 amide bonds. The number of rotatable bonds is 5. The summed E-state index contributed by atoms with van der Waals surface area (Å²) < 4.78 is 22.7. The Hall–Kier alpha value is -0.820. The van der Waals surface area contributed by atoms with Crippen molar-refractivity contribution in [1.82, 2.24) is 4.90 Å². The molecule has 94 valence electrons. The van der Waals surface area contributed by atoms with Crippen LogP contribution in [0.2, 0.25) is 0 Å². The molecule has 1 aliphatic rings. The van der Waals surface area contributed by atoms with Crippen LogP contribution in [-0.2, 0) is 9.84 Å². The van der Waals surface area contributed by atoms with Crippen LogP contribution in [0.25, 0.3) is 0 Å². The quantitative estimate of drug-likeness (QED) is 0.468. The van der Waals surface area contributed by atoms with Crippen LogP contribution in [0, 0.1) is 0 Å². The van der Waals surface area contributed by atoms with Gasteiger partial charge in [0.15, 0.2) is 15.8 Å². The van der Waals surface area contributed by atoms with Crippen LogP contribution in [0.15, 0.2) is 4.99 Å². The largest absolute Gasteiger partial charge is 0.370 e. The molecule has 1 aliphatic heterocycles. The Morgan fingerprint density at radius 3 is 2.62 bits per heavy atom. The van der Waals surface area contributed by atoms with E-state index in [4.69, 9.17) is 11.5 Å². The summed E-state index contributed by atoms with van der Waals surface area (Å²) in [5.74, 6) is 0.647. The fourth-order valence-electron chi connectivity index (χ4n) is 1.97. The topological polar surface area (TPSA) is 102 Å². The lowest BCUT2D eigenvalue weighted by Gasteiger charge is -2.25. The molecule has 16 heavy (non-hydrogen) atoms. The molecule has 1 rings (SSSR count). The smallest absolute Gasteiger partial charge is 0.185 e. The maximum atomic E-state index is 11.3. The van der Waals surface area contributed by atoms with Gasteiger partial charge in [0, 0.05) is 12.6 Å². The number of likely N-dealkylation sites (N-methyl/N-ethyl adjacent to an activating group) is 1. The number of sulfone groups is 1. The number of nitrogens with zero attached hydrogens (tertiary/aromatic N) is 2. The lowest BCUT2D eigenvalue weighted by Crippen LogP contribution is -2.38. The highest BCUT2D eigenvalue weighted by Crippen LogP contribution is 2.17. The third-order valence-corrected chi connectivity index (χ3v) is 4.56. The summed E-state index contributed by atoms with van der Waals surface area (Å²) in [5, 5.41) is 0. The Balaban J connectivity index is 2.46. The van der Waals surface area contributed by atoms with E-state index in [1.54, 1.807) is 0 Å². The van der Waals surface area contributed by atoms with Crippen molar-refractivity contribution in [3.63, 3.8) is 0 Å². The second kappa shape index (κ2) is 5.49.